The number of carbonyl (C=O) groups is 2. The minimum absolute atomic E-state index is 0.0780. The van der Waals surface area contributed by atoms with Crippen molar-refractivity contribution < 1.29 is 9.59 Å². The molecule has 5 heteroatoms. The van der Waals surface area contributed by atoms with Gasteiger partial charge in [-0.3, -0.25) is 14.5 Å². The number of nitrogens with zero attached hydrogens (tertiary/aromatic N) is 3. The number of hydrogen-bond acceptors (Lipinski definition) is 3. The summed E-state index contributed by atoms with van der Waals surface area (Å²) in [5.41, 5.74) is 4.75. The highest BCUT2D eigenvalue weighted by molar-refractivity contribution is 5.99. The van der Waals surface area contributed by atoms with Crippen molar-refractivity contribution in [2.45, 2.75) is 20.8 Å². The molecular formula is C21H27N3O2. The van der Waals surface area contributed by atoms with E-state index in [0.29, 0.717) is 19.6 Å². The highest BCUT2D eigenvalue weighted by atomic mass is 16.2. The number of hydrogen-bond donors (Lipinski definition) is 0. The van der Waals surface area contributed by atoms with Crippen LogP contribution in [0.1, 0.15) is 37.7 Å². The van der Waals surface area contributed by atoms with Crippen molar-refractivity contribution in [1.82, 2.24) is 14.4 Å². The molecule has 5 nitrogen and oxygen atoms in total. The Morgan fingerprint density at radius 3 is 2.27 bits per heavy atom. The number of aryl methyl sites for hydroxylation is 2. The Hall–Kier alpha value is -2.40. The van der Waals surface area contributed by atoms with Gasteiger partial charge in [0, 0.05) is 55.7 Å². The summed E-state index contributed by atoms with van der Waals surface area (Å²) < 4.78 is 2.05. The van der Waals surface area contributed by atoms with E-state index in [1.54, 1.807) is 0 Å². The minimum atomic E-state index is 0.0780. The molecule has 1 aromatic carbocycles. The monoisotopic (exact) mass is 353 g/mol. The molecule has 1 fully saturated rings. The first-order chi connectivity index (χ1) is 12.4. The molecule has 1 aromatic heterocycles. The maximum atomic E-state index is 12.6. The fourth-order valence-corrected chi connectivity index (χ4v) is 3.50. The average Bonchev–Trinajstić information content (AvgIpc) is 2.89. The van der Waals surface area contributed by atoms with Crippen molar-refractivity contribution in [2.24, 2.45) is 7.05 Å². The zero-order valence-electron chi connectivity index (χ0n) is 16.1. The molecule has 26 heavy (non-hydrogen) atoms. The number of rotatable bonds is 4. The first-order valence-corrected chi connectivity index (χ1v) is 9.11. The zero-order valence-corrected chi connectivity index (χ0v) is 16.1. The van der Waals surface area contributed by atoms with Gasteiger partial charge in [0.1, 0.15) is 0 Å². The van der Waals surface area contributed by atoms with Crippen molar-refractivity contribution in [2.75, 3.05) is 32.7 Å². The third-order valence-electron chi connectivity index (χ3n) is 5.37. The smallest absolute Gasteiger partial charge is 0.253 e. The van der Waals surface area contributed by atoms with Crippen LogP contribution >= 0.6 is 0 Å². The molecule has 2 heterocycles. The molecule has 0 bridgehead atoms. The molecule has 0 unspecified atom stereocenters. The third kappa shape index (κ3) is 3.73. The molecule has 1 amide bonds. The van der Waals surface area contributed by atoms with Crippen molar-refractivity contribution in [3.05, 3.63) is 58.4 Å². The van der Waals surface area contributed by atoms with Gasteiger partial charge in [-0.25, -0.2) is 0 Å². The van der Waals surface area contributed by atoms with Gasteiger partial charge in [-0.1, -0.05) is 17.7 Å². The lowest BCUT2D eigenvalue weighted by Crippen LogP contribution is -2.49. The van der Waals surface area contributed by atoms with Crippen molar-refractivity contribution in [1.29, 1.82) is 0 Å². The van der Waals surface area contributed by atoms with Crippen LogP contribution in [0.15, 0.2) is 30.3 Å². The van der Waals surface area contributed by atoms with Crippen molar-refractivity contribution in [3.63, 3.8) is 0 Å². The molecule has 3 rings (SSSR count). The van der Waals surface area contributed by atoms with Gasteiger partial charge in [-0.15, -0.1) is 0 Å². The Morgan fingerprint density at radius 2 is 1.69 bits per heavy atom. The standard InChI is InChI=1S/C21H27N3O2/c1-15-6-5-7-18(12-15)21(26)24-10-8-23(9-11-24)14-20(25)19-13-16(2)22(4)17(19)3/h5-7,12-13H,8-11,14H2,1-4H3. The first-order valence-electron chi connectivity index (χ1n) is 9.11. The van der Waals surface area contributed by atoms with Crippen LogP contribution in [0.4, 0.5) is 0 Å². The van der Waals surface area contributed by atoms with Gasteiger partial charge in [-0.2, -0.15) is 0 Å². The molecule has 0 aliphatic carbocycles. The van der Waals surface area contributed by atoms with Gasteiger partial charge in [0.05, 0.1) is 6.54 Å². The van der Waals surface area contributed by atoms with E-state index in [1.807, 2.05) is 67.6 Å². The Labute approximate surface area is 155 Å². The molecule has 2 aromatic rings. The Balaban J connectivity index is 1.57. The van der Waals surface area contributed by atoms with E-state index in [1.165, 1.54) is 0 Å². The number of benzene rings is 1. The predicted octanol–water partition coefficient (Wildman–Crippen LogP) is 2.59. The SMILES string of the molecule is Cc1cccc(C(=O)N2CCN(CC(=O)c3cc(C)n(C)c3C)CC2)c1. The molecule has 1 aliphatic heterocycles. The average molecular weight is 353 g/mol. The topological polar surface area (TPSA) is 45.6 Å². The van der Waals surface area contributed by atoms with E-state index in [2.05, 4.69) is 4.90 Å². The van der Waals surface area contributed by atoms with Crippen molar-refractivity contribution >= 4 is 11.7 Å². The van der Waals surface area contributed by atoms with Crippen LogP contribution in [0.3, 0.4) is 0 Å². The van der Waals surface area contributed by atoms with Gasteiger partial charge >= 0.3 is 0 Å². The van der Waals surface area contributed by atoms with Crippen molar-refractivity contribution in [3.8, 4) is 0 Å². The van der Waals surface area contributed by atoms with E-state index in [-0.39, 0.29) is 11.7 Å². The van der Waals surface area contributed by atoms with Gasteiger partial charge in [0.15, 0.2) is 5.78 Å². The van der Waals surface area contributed by atoms with Gasteiger partial charge < -0.3 is 9.47 Å². The Morgan fingerprint density at radius 1 is 1.00 bits per heavy atom. The van der Waals surface area contributed by atoms with Crippen LogP contribution in [0, 0.1) is 20.8 Å². The molecule has 0 atom stereocenters. The molecule has 0 saturated carbocycles. The summed E-state index contributed by atoms with van der Waals surface area (Å²) in [6.07, 6.45) is 0. The highest BCUT2D eigenvalue weighted by Crippen LogP contribution is 2.16. The molecule has 1 aliphatic rings. The lowest BCUT2D eigenvalue weighted by Gasteiger charge is -2.34. The second-order valence-electron chi connectivity index (χ2n) is 7.20. The summed E-state index contributed by atoms with van der Waals surface area (Å²) in [6.45, 7) is 9.19. The molecule has 0 N–H and O–H groups in total. The van der Waals surface area contributed by atoms with Crippen LogP contribution < -0.4 is 0 Å². The molecule has 138 valence electrons. The molecule has 1 saturated heterocycles. The molecule has 0 radical (unpaired) electrons. The number of carbonyl (C=O) groups excluding carboxylic acids is 2. The Kier molecular flexibility index (Phi) is 5.28. The highest BCUT2D eigenvalue weighted by Gasteiger charge is 2.24. The summed E-state index contributed by atoms with van der Waals surface area (Å²) >= 11 is 0. The fourth-order valence-electron chi connectivity index (χ4n) is 3.50. The summed E-state index contributed by atoms with van der Waals surface area (Å²) in [5, 5.41) is 0. The van der Waals surface area contributed by atoms with Crippen LogP contribution in [-0.2, 0) is 7.05 Å². The van der Waals surface area contributed by atoms with Crippen LogP contribution in [0.2, 0.25) is 0 Å². The lowest BCUT2D eigenvalue weighted by atomic mass is 10.1. The maximum absolute atomic E-state index is 12.6. The van der Waals surface area contributed by atoms with E-state index in [9.17, 15) is 9.59 Å². The van der Waals surface area contributed by atoms with E-state index < -0.39 is 0 Å². The Bertz CT molecular complexity index is 830. The maximum Gasteiger partial charge on any atom is 0.253 e. The normalized spacial score (nSPS) is 15.3. The summed E-state index contributed by atoms with van der Waals surface area (Å²) in [4.78, 5) is 29.3. The van der Waals surface area contributed by atoms with Gasteiger partial charge in [0.2, 0.25) is 0 Å². The number of aromatic nitrogens is 1. The predicted molar refractivity (Wildman–Crippen MR) is 103 cm³/mol. The molecule has 0 spiro atoms. The number of ketones is 1. The van der Waals surface area contributed by atoms with E-state index >= 15 is 0 Å². The second-order valence-corrected chi connectivity index (χ2v) is 7.20. The summed E-state index contributed by atoms with van der Waals surface area (Å²) in [7, 11) is 1.98. The minimum Gasteiger partial charge on any atom is -0.351 e. The quantitative estimate of drug-likeness (QED) is 0.794. The summed E-state index contributed by atoms with van der Waals surface area (Å²) in [6, 6.07) is 9.68. The number of piperazine rings is 1. The first kappa shape index (κ1) is 18.4. The summed E-state index contributed by atoms with van der Waals surface area (Å²) in [5.74, 6) is 0.235. The number of Topliss-reactive ketones (excluding diaryl/α,β-unsaturated/α-hetero) is 1. The zero-order chi connectivity index (χ0) is 18.8. The number of amides is 1. The van der Waals surface area contributed by atoms with Gasteiger partial charge in [-0.05, 0) is 39.0 Å². The lowest BCUT2D eigenvalue weighted by molar-refractivity contribution is 0.0624. The molecular weight excluding hydrogens is 326 g/mol. The van der Waals surface area contributed by atoms with Crippen LogP contribution in [-0.4, -0.2) is 58.8 Å². The van der Waals surface area contributed by atoms with E-state index in [4.69, 9.17) is 0 Å². The van der Waals surface area contributed by atoms with Gasteiger partial charge in [0.25, 0.3) is 5.91 Å². The van der Waals surface area contributed by atoms with Crippen LogP contribution in [0.25, 0.3) is 0 Å². The third-order valence-corrected chi connectivity index (χ3v) is 5.37. The van der Waals surface area contributed by atoms with Crippen LogP contribution in [0.5, 0.6) is 0 Å². The fraction of sp³-hybridized carbons (Fsp3) is 0.429. The van der Waals surface area contributed by atoms with E-state index in [0.717, 1.165) is 41.2 Å². The second kappa shape index (κ2) is 7.46. The largest absolute Gasteiger partial charge is 0.351 e.